The highest BCUT2D eigenvalue weighted by Gasteiger charge is 2.51. The predicted octanol–water partition coefficient (Wildman–Crippen LogP) is 3.09. The first-order valence-corrected chi connectivity index (χ1v) is 10.5. The molecule has 7 heteroatoms. The van der Waals surface area contributed by atoms with E-state index in [1.165, 1.54) is 22.3 Å². The van der Waals surface area contributed by atoms with E-state index in [0.29, 0.717) is 6.04 Å². The fourth-order valence-corrected chi connectivity index (χ4v) is 3.02. The number of halogens is 3. The molecule has 33 heavy (non-hydrogen) atoms. The molecule has 0 aliphatic rings. The number of carbonyl (C=O) groups is 1. The standard InChI is InChI=1S/C22H23N.C4H5F3O3/c1-18-12-14-19(15-13-18)16-22(21-10-6-3-7-11-21)23-17-20-8-4-2-5-9-20;1-3(10,2(8)9)4(5,6)7/h2-15,22-23H,16-17H2,1H3;10H,1H3,(H,8,9)/t22-;3-/m01/s1. The smallest absolute Gasteiger partial charge is 0.422 e. The Labute approximate surface area is 191 Å². The molecule has 2 atom stereocenters. The first-order valence-electron chi connectivity index (χ1n) is 10.5. The molecule has 4 nitrogen and oxygen atoms in total. The maximum absolute atomic E-state index is 11.4. The summed E-state index contributed by atoms with van der Waals surface area (Å²) in [4.78, 5) is 9.59. The highest BCUT2D eigenvalue weighted by atomic mass is 19.4. The van der Waals surface area contributed by atoms with Crippen LogP contribution in [0.4, 0.5) is 13.2 Å². The van der Waals surface area contributed by atoms with Gasteiger partial charge in [-0.25, -0.2) is 0 Å². The van der Waals surface area contributed by atoms with Crippen molar-refractivity contribution < 1.29 is 33.5 Å². The van der Waals surface area contributed by atoms with Gasteiger partial charge in [0.05, 0.1) is 5.97 Å². The van der Waals surface area contributed by atoms with Crippen LogP contribution < -0.4 is 10.4 Å². The number of carbonyl (C=O) groups excluding carboxylic acids is 1. The molecule has 0 aliphatic carbocycles. The average molecular weight is 460 g/mol. The molecule has 3 aromatic carbocycles. The number of alkyl halides is 3. The van der Waals surface area contributed by atoms with Gasteiger partial charge in [-0.3, -0.25) is 0 Å². The monoisotopic (exact) mass is 459 g/mol. The number of hydrogen-bond donors (Lipinski definition) is 2. The van der Waals surface area contributed by atoms with Crippen molar-refractivity contribution in [2.45, 2.75) is 44.6 Å². The van der Waals surface area contributed by atoms with Crippen molar-refractivity contribution in [1.82, 2.24) is 0 Å². The van der Waals surface area contributed by atoms with Crippen molar-refractivity contribution in [3.05, 3.63) is 107 Å². The summed E-state index contributed by atoms with van der Waals surface area (Å²) in [6.45, 7) is 3.26. The lowest BCUT2D eigenvalue weighted by Crippen LogP contribution is -2.84. The Bertz CT molecular complexity index is 989. The van der Waals surface area contributed by atoms with Gasteiger partial charge in [0.2, 0.25) is 0 Å². The summed E-state index contributed by atoms with van der Waals surface area (Å²) in [5, 5.41) is 20.2. The Hall–Kier alpha value is -3.16. The van der Waals surface area contributed by atoms with Crippen LogP contribution in [0.5, 0.6) is 0 Å². The predicted molar refractivity (Wildman–Crippen MR) is 118 cm³/mol. The van der Waals surface area contributed by atoms with Crippen molar-refractivity contribution in [2.75, 3.05) is 0 Å². The second-order valence-electron chi connectivity index (χ2n) is 7.99. The van der Waals surface area contributed by atoms with E-state index in [-0.39, 0.29) is 6.92 Å². The number of aryl methyl sites for hydroxylation is 1. The first kappa shape index (κ1) is 26.1. The number of hydrogen-bond acceptors (Lipinski definition) is 3. The summed E-state index contributed by atoms with van der Waals surface area (Å²) < 4.78 is 34.2. The van der Waals surface area contributed by atoms with Crippen LogP contribution in [0.1, 0.15) is 35.2 Å². The Balaban J connectivity index is 0.000000328. The van der Waals surface area contributed by atoms with E-state index >= 15 is 0 Å². The lowest BCUT2D eigenvalue weighted by Gasteiger charge is -2.26. The van der Waals surface area contributed by atoms with Gasteiger partial charge < -0.3 is 20.3 Å². The number of carboxylic acid groups (broad SMARTS) is 1. The second kappa shape index (κ2) is 11.6. The Morgan fingerprint density at radius 1 is 0.909 bits per heavy atom. The molecule has 0 amide bonds. The zero-order valence-corrected chi connectivity index (χ0v) is 18.5. The lowest BCUT2D eigenvalue weighted by molar-refractivity contribution is -0.711. The highest BCUT2D eigenvalue weighted by molar-refractivity contribution is 5.75. The molecular formula is C26H28F3NO3. The number of quaternary nitrogens is 1. The molecular weight excluding hydrogens is 431 g/mol. The number of benzene rings is 3. The van der Waals surface area contributed by atoms with Crippen LogP contribution in [0, 0.1) is 6.92 Å². The molecule has 0 bridgehead atoms. The topological polar surface area (TPSA) is 77.0 Å². The molecule has 3 rings (SSSR count). The number of aliphatic hydroxyl groups is 1. The van der Waals surface area contributed by atoms with E-state index < -0.39 is 17.7 Å². The van der Waals surface area contributed by atoms with E-state index in [1.54, 1.807) is 0 Å². The minimum Gasteiger partial charge on any atom is -0.547 e. The lowest BCUT2D eigenvalue weighted by atomic mass is 9.98. The van der Waals surface area contributed by atoms with Gasteiger partial charge in [0.1, 0.15) is 12.6 Å². The summed E-state index contributed by atoms with van der Waals surface area (Å²) in [6.07, 6.45) is -4.14. The van der Waals surface area contributed by atoms with E-state index in [2.05, 4.69) is 97.2 Å². The van der Waals surface area contributed by atoms with Gasteiger partial charge in [-0.2, -0.15) is 13.2 Å². The molecule has 0 fully saturated rings. The van der Waals surface area contributed by atoms with Crippen LogP contribution in [0.2, 0.25) is 0 Å². The number of rotatable bonds is 7. The van der Waals surface area contributed by atoms with Gasteiger partial charge in [-0.15, -0.1) is 0 Å². The van der Waals surface area contributed by atoms with E-state index in [4.69, 9.17) is 5.11 Å². The fraction of sp³-hybridized carbons (Fsp3) is 0.269. The minimum atomic E-state index is -5.19. The molecule has 0 spiro atoms. The van der Waals surface area contributed by atoms with Gasteiger partial charge in [0.15, 0.2) is 5.60 Å². The van der Waals surface area contributed by atoms with Gasteiger partial charge in [0, 0.05) is 17.5 Å². The number of aliphatic carboxylic acids is 1. The molecule has 0 radical (unpaired) electrons. The fourth-order valence-electron chi connectivity index (χ4n) is 3.02. The van der Waals surface area contributed by atoms with Crippen molar-refractivity contribution in [3.8, 4) is 0 Å². The molecule has 0 aliphatic heterocycles. The summed E-state index contributed by atoms with van der Waals surface area (Å²) in [5.74, 6) is -2.56. The van der Waals surface area contributed by atoms with Crippen LogP contribution in [-0.4, -0.2) is 22.9 Å². The normalized spacial score (nSPS) is 13.9. The Morgan fingerprint density at radius 3 is 1.88 bits per heavy atom. The zero-order chi connectivity index (χ0) is 24.5. The maximum Gasteiger partial charge on any atom is 0.422 e. The largest absolute Gasteiger partial charge is 0.547 e. The molecule has 0 saturated carbocycles. The quantitative estimate of drug-likeness (QED) is 0.570. The van der Waals surface area contributed by atoms with Crippen molar-refractivity contribution in [3.63, 3.8) is 0 Å². The van der Waals surface area contributed by atoms with Crippen molar-refractivity contribution in [1.29, 1.82) is 0 Å². The van der Waals surface area contributed by atoms with E-state index in [1.807, 2.05) is 0 Å². The van der Waals surface area contributed by atoms with Crippen molar-refractivity contribution in [2.24, 2.45) is 0 Å². The SMILES string of the molecule is C[C@@](O)(C(=O)[O-])C(F)(F)F.Cc1ccc(C[C@H]([NH2+]Cc2ccccc2)c2ccccc2)cc1. The summed E-state index contributed by atoms with van der Waals surface area (Å²) in [7, 11) is 0. The summed E-state index contributed by atoms with van der Waals surface area (Å²) in [5.41, 5.74) is 1.72. The molecule has 0 unspecified atom stereocenters. The van der Waals surface area contributed by atoms with Crippen LogP contribution in [0.3, 0.4) is 0 Å². The van der Waals surface area contributed by atoms with E-state index in [9.17, 15) is 23.1 Å². The third kappa shape index (κ3) is 8.04. The van der Waals surface area contributed by atoms with Crippen LogP contribution in [0.25, 0.3) is 0 Å². The molecule has 3 aromatic rings. The maximum atomic E-state index is 11.4. The molecule has 0 aromatic heterocycles. The molecule has 176 valence electrons. The Kier molecular flexibility index (Phi) is 9.20. The summed E-state index contributed by atoms with van der Waals surface area (Å²) in [6, 6.07) is 30.9. The van der Waals surface area contributed by atoms with Gasteiger partial charge in [0.25, 0.3) is 0 Å². The van der Waals surface area contributed by atoms with Crippen LogP contribution >= 0.6 is 0 Å². The molecule has 0 saturated heterocycles. The minimum absolute atomic E-state index is 0.113. The second-order valence-corrected chi connectivity index (χ2v) is 7.99. The number of nitrogens with two attached hydrogens (primary N) is 1. The molecule has 3 N–H and O–H groups in total. The van der Waals surface area contributed by atoms with Gasteiger partial charge >= 0.3 is 6.18 Å². The highest BCUT2D eigenvalue weighted by Crippen LogP contribution is 2.29. The van der Waals surface area contributed by atoms with Crippen LogP contribution in [0.15, 0.2) is 84.9 Å². The summed E-state index contributed by atoms with van der Waals surface area (Å²) >= 11 is 0. The number of carboxylic acids is 1. The third-order valence-corrected chi connectivity index (χ3v) is 5.23. The Morgan fingerprint density at radius 2 is 1.42 bits per heavy atom. The van der Waals surface area contributed by atoms with Crippen LogP contribution in [-0.2, 0) is 17.8 Å². The van der Waals surface area contributed by atoms with Gasteiger partial charge in [-0.1, -0.05) is 90.5 Å². The third-order valence-electron chi connectivity index (χ3n) is 5.23. The average Bonchev–Trinajstić information content (AvgIpc) is 2.79. The first-order chi connectivity index (χ1) is 15.5. The van der Waals surface area contributed by atoms with Gasteiger partial charge in [-0.05, 0) is 19.4 Å². The molecule has 0 heterocycles. The zero-order valence-electron chi connectivity index (χ0n) is 18.5. The van der Waals surface area contributed by atoms with E-state index in [0.717, 1.165) is 13.0 Å². The van der Waals surface area contributed by atoms with Crippen molar-refractivity contribution >= 4 is 5.97 Å².